The van der Waals surface area contributed by atoms with Crippen LogP contribution in [0.3, 0.4) is 0 Å². The van der Waals surface area contributed by atoms with Gasteiger partial charge in [-0.2, -0.15) is 0 Å². The molecular weight excluding hydrogens is 336 g/mol. The summed E-state index contributed by atoms with van der Waals surface area (Å²) in [4.78, 5) is 22.7. The van der Waals surface area contributed by atoms with E-state index >= 15 is 0 Å². The molecule has 2 N–H and O–H groups in total. The van der Waals surface area contributed by atoms with Crippen molar-refractivity contribution in [2.75, 3.05) is 6.61 Å². The number of aliphatic hydroxyl groups excluding tert-OH is 1. The fraction of sp³-hybridized carbons (Fsp3) is 0.900. The molecule has 0 saturated carbocycles. The second-order valence-electron chi connectivity index (χ2n) is 6.89. The minimum Gasteiger partial charge on any atom is -0.461 e. The minimum absolute atomic E-state index is 0.0324. The molecular formula is C20H38O6. The third-order valence-corrected chi connectivity index (χ3v) is 4.53. The highest BCUT2D eigenvalue weighted by Gasteiger charge is 2.47. The molecule has 2 atom stereocenters. The predicted molar refractivity (Wildman–Crippen MR) is 100 cm³/mol. The van der Waals surface area contributed by atoms with Gasteiger partial charge in [-0.25, -0.2) is 4.79 Å². The highest BCUT2D eigenvalue weighted by atomic mass is 16.7. The van der Waals surface area contributed by atoms with E-state index in [-0.39, 0.29) is 19.5 Å². The number of aliphatic hydroxyl groups is 2. The zero-order valence-corrected chi connectivity index (χ0v) is 16.6. The van der Waals surface area contributed by atoms with E-state index in [1.165, 1.54) is 25.7 Å². The lowest BCUT2D eigenvalue weighted by atomic mass is 10.0. The minimum atomic E-state index is -2.62. The Morgan fingerprint density at radius 1 is 0.923 bits per heavy atom. The molecule has 0 spiro atoms. The van der Waals surface area contributed by atoms with Gasteiger partial charge in [-0.3, -0.25) is 4.79 Å². The summed E-state index contributed by atoms with van der Waals surface area (Å²) in [7, 11) is 0. The molecule has 0 amide bonds. The summed E-state index contributed by atoms with van der Waals surface area (Å²) in [6.07, 6.45) is 11.0. The lowest BCUT2D eigenvalue weighted by Gasteiger charge is -2.28. The fourth-order valence-corrected chi connectivity index (χ4v) is 2.80. The third kappa shape index (κ3) is 10.8. The summed E-state index contributed by atoms with van der Waals surface area (Å²) in [6, 6.07) is 0. The average molecular weight is 375 g/mol. The maximum atomic E-state index is 12.0. The zero-order valence-electron chi connectivity index (χ0n) is 16.6. The molecule has 0 bridgehead atoms. The SMILES string of the molecule is CCCCCCCCCCC(O)C(O)(OC=O)C(=O)OCCCCCC. The van der Waals surface area contributed by atoms with Gasteiger partial charge in [0.2, 0.25) is 0 Å². The molecule has 0 aliphatic rings. The van der Waals surface area contributed by atoms with Crippen molar-refractivity contribution in [2.45, 2.75) is 109 Å². The molecule has 2 unspecified atom stereocenters. The largest absolute Gasteiger partial charge is 0.461 e. The number of ether oxygens (including phenoxy) is 2. The van der Waals surface area contributed by atoms with Crippen LogP contribution in [0.15, 0.2) is 0 Å². The van der Waals surface area contributed by atoms with Crippen LogP contribution < -0.4 is 0 Å². The zero-order chi connectivity index (χ0) is 19.7. The van der Waals surface area contributed by atoms with Crippen LogP contribution in [0.25, 0.3) is 0 Å². The van der Waals surface area contributed by atoms with Crippen molar-refractivity contribution in [3.8, 4) is 0 Å². The maximum Gasteiger partial charge on any atom is 0.382 e. The first-order chi connectivity index (χ1) is 12.5. The van der Waals surface area contributed by atoms with Crippen LogP contribution in [0.1, 0.15) is 97.3 Å². The molecule has 26 heavy (non-hydrogen) atoms. The van der Waals surface area contributed by atoms with Crippen LogP contribution >= 0.6 is 0 Å². The lowest BCUT2D eigenvalue weighted by Crippen LogP contribution is -2.52. The summed E-state index contributed by atoms with van der Waals surface area (Å²) in [6.45, 7) is 4.35. The van der Waals surface area contributed by atoms with E-state index in [0.29, 0.717) is 12.8 Å². The van der Waals surface area contributed by atoms with Crippen molar-refractivity contribution >= 4 is 12.4 Å². The van der Waals surface area contributed by atoms with Gasteiger partial charge in [-0.1, -0.05) is 84.5 Å². The first kappa shape index (κ1) is 24.9. The van der Waals surface area contributed by atoms with Crippen LogP contribution in [0.2, 0.25) is 0 Å². The normalized spacial score (nSPS) is 14.5. The topological polar surface area (TPSA) is 93.1 Å². The third-order valence-electron chi connectivity index (χ3n) is 4.53. The van der Waals surface area contributed by atoms with E-state index in [4.69, 9.17) is 4.74 Å². The predicted octanol–water partition coefficient (Wildman–Crippen LogP) is 3.86. The van der Waals surface area contributed by atoms with E-state index < -0.39 is 17.9 Å². The molecule has 0 aliphatic heterocycles. The molecule has 6 heteroatoms. The monoisotopic (exact) mass is 374 g/mol. The Morgan fingerprint density at radius 2 is 1.42 bits per heavy atom. The Hall–Kier alpha value is -1.14. The summed E-state index contributed by atoms with van der Waals surface area (Å²) in [5.74, 6) is -3.72. The summed E-state index contributed by atoms with van der Waals surface area (Å²) in [5.41, 5.74) is 0. The number of carbonyl (C=O) groups excluding carboxylic acids is 2. The Labute approximate surface area is 158 Å². The molecule has 0 radical (unpaired) electrons. The highest BCUT2D eigenvalue weighted by Crippen LogP contribution is 2.20. The van der Waals surface area contributed by atoms with Crippen LogP contribution in [-0.4, -0.2) is 41.2 Å². The van der Waals surface area contributed by atoms with Crippen molar-refractivity contribution in [1.29, 1.82) is 0 Å². The first-order valence-corrected chi connectivity index (χ1v) is 10.2. The number of hydrogen-bond donors (Lipinski definition) is 2. The Kier molecular flexibility index (Phi) is 15.4. The average Bonchev–Trinajstić information content (AvgIpc) is 2.63. The van der Waals surface area contributed by atoms with Gasteiger partial charge in [-0.15, -0.1) is 0 Å². The second kappa shape index (κ2) is 16.1. The quantitative estimate of drug-likeness (QED) is 0.164. The molecule has 0 aromatic heterocycles. The number of rotatable bonds is 18. The Morgan fingerprint density at radius 3 is 1.96 bits per heavy atom. The van der Waals surface area contributed by atoms with Gasteiger partial charge in [0.15, 0.2) is 0 Å². The molecule has 0 rings (SSSR count). The molecule has 0 aromatic carbocycles. The highest BCUT2D eigenvalue weighted by molar-refractivity contribution is 5.79. The van der Waals surface area contributed by atoms with Crippen molar-refractivity contribution in [1.82, 2.24) is 0 Å². The van der Waals surface area contributed by atoms with Crippen molar-refractivity contribution < 1.29 is 29.3 Å². The molecule has 154 valence electrons. The summed E-state index contributed by atoms with van der Waals surface area (Å²) >= 11 is 0. The van der Waals surface area contributed by atoms with E-state index in [0.717, 1.165) is 38.5 Å². The fourth-order valence-electron chi connectivity index (χ4n) is 2.80. The summed E-state index contributed by atoms with van der Waals surface area (Å²) in [5, 5.41) is 20.4. The van der Waals surface area contributed by atoms with Crippen molar-refractivity contribution in [3.05, 3.63) is 0 Å². The first-order valence-electron chi connectivity index (χ1n) is 10.2. The van der Waals surface area contributed by atoms with Gasteiger partial charge in [0, 0.05) is 0 Å². The number of esters is 1. The van der Waals surface area contributed by atoms with Gasteiger partial charge in [0.1, 0.15) is 6.10 Å². The van der Waals surface area contributed by atoms with Gasteiger partial charge in [-0.05, 0) is 12.8 Å². The van der Waals surface area contributed by atoms with Crippen LogP contribution in [0.5, 0.6) is 0 Å². The maximum absolute atomic E-state index is 12.0. The van der Waals surface area contributed by atoms with Crippen LogP contribution in [0.4, 0.5) is 0 Å². The molecule has 0 fully saturated rings. The number of carbonyl (C=O) groups is 2. The Bertz CT molecular complexity index is 360. The molecule has 0 heterocycles. The molecule has 0 aliphatic carbocycles. The Balaban J connectivity index is 4.16. The van der Waals surface area contributed by atoms with Gasteiger partial charge in [0.25, 0.3) is 6.47 Å². The lowest BCUT2D eigenvalue weighted by molar-refractivity contribution is -0.249. The van der Waals surface area contributed by atoms with Crippen molar-refractivity contribution in [2.24, 2.45) is 0 Å². The molecule has 0 aromatic rings. The van der Waals surface area contributed by atoms with E-state index in [1.54, 1.807) is 0 Å². The smallest absolute Gasteiger partial charge is 0.382 e. The number of unbranched alkanes of at least 4 members (excludes halogenated alkanes) is 10. The molecule has 6 nitrogen and oxygen atoms in total. The second-order valence-corrected chi connectivity index (χ2v) is 6.89. The summed E-state index contributed by atoms with van der Waals surface area (Å²) < 4.78 is 9.48. The van der Waals surface area contributed by atoms with Crippen LogP contribution in [-0.2, 0) is 19.1 Å². The van der Waals surface area contributed by atoms with E-state index in [1.807, 2.05) is 0 Å². The van der Waals surface area contributed by atoms with Crippen LogP contribution in [0, 0.1) is 0 Å². The van der Waals surface area contributed by atoms with Crippen molar-refractivity contribution in [3.63, 3.8) is 0 Å². The standard InChI is InChI=1S/C20H38O6/c1-3-5-7-9-10-11-12-13-15-18(22)20(24,26-17-21)19(23)25-16-14-8-6-4-2/h17-18,22,24H,3-16H2,1-2H3. The van der Waals surface area contributed by atoms with E-state index in [2.05, 4.69) is 18.6 Å². The van der Waals surface area contributed by atoms with Gasteiger partial charge < -0.3 is 19.7 Å². The molecule has 0 saturated heterocycles. The van der Waals surface area contributed by atoms with E-state index in [9.17, 15) is 19.8 Å². The van der Waals surface area contributed by atoms with Gasteiger partial charge in [0.05, 0.1) is 6.61 Å². The number of hydrogen-bond acceptors (Lipinski definition) is 6. The van der Waals surface area contributed by atoms with Gasteiger partial charge >= 0.3 is 11.8 Å².